The first kappa shape index (κ1) is 13.7. The van der Waals surface area contributed by atoms with Gasteiger partial charge in [-0.25, -0.2) is 4.39 Å². The van der Waals surface area contributed by atoms with E-state index in [9.17, 15) is 4.39 Å². The van der Waals surface area contributed by atoms with Crippen molar-refractivity contribution in [1.29, 1.82) is 0 Å². The van der Waals surface area contributed by atoms with Crippen LogP contribution in [0.4, 0.5) is 4.39 Å². The standard InChI is InChI=1S/C15H20FN3/c1-4-17-15(12-6-8-13(16)9-7-12)14-10-11(3)18-19(14)5-2/h6-10,15,17H,4-5H2,1-3H3. The maximum Gasteiger partial charge on any atom is 0.123 e. The van der Waals surface area contributed by atoms with Crippen LogP contribution >= 0.6 is 0 Å². The molecule has 4 heteroatoms. The molecule has 0 spiro atoms. The van der Waals surface area contributed by atoms with Crippen LogP contribution in [0.5, 0.6) is 0 Å². The molecule has 1 aromatic carbocycles. The second kappa shape index (κ2) is 5.97. The molecule has 3 nitrogen and oxygen atoms in total. The van der Waals surface area contributed by atoms with Crippen molar-refractivity contribution < 1.29 is 4.39 Å². The van der Waals surface area contributed by atoms with Crippen molar-refractivity contribution in [3.8, 4) is 0 Å². The molecule has 1 aromatic heterocycles. The molecule has 0 saturated carbocycles. The Morgan fingerprint density at radius 2 is 1.95 bits per heavy atom. The molecule has 1 unspecified atom stereocenters. The Morgan fingerprint density at radius 1 is 1.26 bits per heavy atom. The fourth-order valence-corrected chi connectivity index (χ4v) is 2.30. The second-order valence-corrected chi connectivity index (χ2v) is 4.57. The summed E-state index contributed by atoms with van der Waals surface area (Å²) in [6.45, 7) is 7.80. The van der Waals surface area contributed by atoms with Crippen molar-refractivity contribution in [2.45, 2.75) is 33.4 Å². The number of aromatic nitrogens is 2. The van der Waals surface area contributed by atoms with Gasteiger partial charge in [-0.15, -0.1) is 0 Å². The normalized spacial score (nSPS) is 12.6. The van der Waals surface area contributed by atoms with Gasteiger partial charge in [0.1, 0.15) is 5.82 Å². The molecule has 0 amide bonds. The fraction of sp³-hybridized carbons (Fsp3) is 0.400. The third-order valence-electron chi connectivity index (χ3n) is 3.14. The molecular formula is C15H20FN3. The van der Waals surface area contributed by atoms with Gasteiger partial charge in [0.2, 0.25) is 0 Å². The largest absolute Gasteiger partial charge is 0.305 e. The monoisotopic (exact) mass is 261 g/mol. The Kier molecular flexibility index (Phi) is 4.32. The SMILES string of the molecule is CCNC(c1ccc(F)cc1)c1cc(C)nn1CC. The predicted molar refractivity (Wildman–Crippen MR) is 74.6 cm³/mol. The number of halogens is 1. The Labute approximate surface area is 113 Å². The molecule has 2 rings (SSSR count). The minimum Gasteiger partial charge on any atom is -0.305 e. The van der Waals surface area contributed by atoms with Crippen molar-refractivity contribution in [3.63, 3.8) is 0 Å². The molecular weight excluding hydrogens is 241 g/mol. The van der Waals surface area contributed by atoms with E-state index in [1.807, 2.05) is 23.7 Å². The van der Waals surface area contributed by atoms with Crippen molar-refractivity contribution >= 4 is 0 Å². The van der Waals surface area contributed by atoms with Crippen molar-refractivity contribution in [3.05, 3.63) is 53.1 Å². The van der Waals surface area contributed by atoms with E-state index in [2.05, 4.69) is 30.3 Å². The average molecular weight is 261 g/mol. The lowest BCUT2D eigenvalue weighted by Crippen LogP contribution is -2.24. The summed E-state index contributed by atoms with van der Waals surface area (Å²) in [6.07, 6.45) is 0. The molecule has 1 N–H and O–H groups in total. The minimum absolute atomic E-state index is 0.0479. The van der Waals surface area contributed by atoms with Crippen LogP contribution in [-0.2, 0) is 6.54 Å². The first-order chi connectivity index (χ1) is 9.15. The maximum absolute atomic E-state index is 13.0. The molecule has 0 aliphatic heterocycles. The summed E-state index contributed by atoms with van der Waals surface area (Å²) in [6, 6.07) is 8.78. The van der Waals surface area contributed by atoms with E-state index in [1.54, 1.807) is 0 Å². The first-order valence-electron chi connectivity index (χ1n) is 6.68. The molecule has 0 saturated heterocycles. The number of nitrogens with one attached hydrogen (secondary N) is 1. The number of aryl methyl sites for hydroxylation is 2. The summed E-state index contributed by atoms with van der Waals surface area (Å²) in [5.41, 5.74) is 3.17. The van der Waals surface area contributed by atoms with E-state index in [-0.39, 0.29) is 11.9 Å². The number of rotatable bonds is 5. The molecule has 102 valence electrons. The van der Waals surface area contributed by atoms with Crippen LogP contribution in [0.15, 0.2) is 30.3 Å². The highest BCUT2D eigenvalue weighted by Gasteiger charge is 2.18. The van der Waals surface area contributed by atoms with Crippen LogP contribution in [-0.4, -0.2) is 16.3 Å². The molecule has 0 aliphatic rings. The Hall–Kier alpha value is -1.68. The smallest absolute Gasteiger partial charge is 0.123 e. The quantitative estimate of drug-likeness (QED) is 0.896. The second-order valence-electron chi connectivity index (χ2n) is 4.57. The zero-order valence-corrected chi connectivity index (χ0v) is 11.7. The van der Waals surface area contributed by atoms with E-state index >= 15 is 0 Å². The van der Waals surface area contributed by atoms with Gasteiger partial charge in [-0.2, -0.15) is 5.10 Å². The fourth-order valence-electron chi connectivity index (χ4n) is 2.30. The maximum atomic E-state index is 13.0. The lowest BCUT2D eigenvalue weighted by molar-refractivity contribution is 0.540. The topological polar surface area (TPSA) is 29.9 Å². The number of benzene rings is 1. The highest BCUT2D eigenvalue weighted by molar-refractivity contribution is 5.29. The Balaban J connectivity index is 2.41. The van der Waals surface area contributed by atoms with Crippen LogP contribution in [0.2, 0.25) is 0 Å². The van der Waals surface area contributed by atoms with Gasteiger partial charge in [0, 0.05) is 6.54 Å². The first-order valence-corrected chi connectivity index (χ1v) is 6.68. The molecule has 1 atom stereocenters. The third kappa shape index (κ3) is 3.01. The zero-order chi connectivity index (χ0) is 13.8. The van der Waals surface area contributed by atoms with Crippen LogP contribution in [0, 0.1) is 12.7 Å². The highest BCUT2D eigenvalue weighted by Crippen LogP contribution is 2.23. The van der Waals surface area contributed by atoms with Gasteiger partial charge in [0.25, 0.3) is 0 Å². The van der Waals surface area contributed by atoms with E-state index in [0.717, 1.165) is 30.0 Å². The summed E-state index contributed by atoms with van der Waals surface area (Å²) in [7, 11) is 0. The number of nitrogens with zero attached hydrogens (tertiary/aromatic N) is 2. The minimum atomic E-state index is -0.209. The number of hydrogen-bond acceptors (Lipinski definition) is 2. The molecule has 0 radical (unpaired) electrons. The van der Waals surface area contributed by atoms with Crippen LogP contribution in [0.25, 0.3) is 0 Å². The van der Waals surface area contributed by atoms with Crippen molar-refractivity contribution in [1.82, 2.24) is 15.1 Å². The lowest BCUT2D eigenvalue weighted by atomic mass is 10.0. The molecule has 0 aliphatic carbocycles. The Morgan fingerprint density at radius 3 is 2.53 bits per heavy atom. The molecule has 19 heavy (non-hydrogen) atoms. The number of hydrogen-bond donors (Lipinski definition) is 1. The van der Waals surface area contributed by atoms with Gasteiger partial charge < -0.3 is 5.32 Å². The van der Waals surface area contributed by atoms with Crippen LogP contribution in [0.3, 0.4) is 0 Å². The van der Waals surface area contributed by atoms with Gasteiger partial charge in [-0.1, -0.05) is 19.1 Å². The van der Waals surface area contributed by atoms with E-state index in [4.69, 9.17) is 0 Å². The van der Waals surface area contributed by atoms with Crippen molar-refractivity contribution in [2.75, 3.05) is 6.54 Å². The van der Waals surface area contributed by atoms with Crippen molar-refractivity contribution in [2.24, 2.45) is 0 Å². The molecule has 1 heterocycles. The summed E-state index contributed by atoms with van der Waals surface area (Å²) < 4.78 is 15.0. The van der Waals surface area contributed by atoms with Crippen LogP contribution in [0.1, 0.15) is 36.8 Å². The van der Waals surface area contributed by atoms with Crippen LogP contribution < -0.4 is 5.32 Å². The van der Waals surface area contributed by atoms with E-state index in [0.29, 0.717) is 0 Å². The van der Waals surface area contributed by atoms with Gasteiger partial charge in [0.05, 0.1) is 17.4 Å². The van der Waals surface area contributed by atoms with Gasteiger partial charge in [-0.3, -0.25) is 4.68 Å². The summed E-state index contributed by atoms with van der Waals surface area (Å²) in [5, 5.41) is 7.92. The van der Waals surface area contributed by atoms with E-state index in [1.165, 1.54) is 12.1 Å². The third-order valence-corrected chi connectivity index (χ3v) is 3.14. The van der Waals surface area contributed by atoms with Gasteiger partial charge in [0.15, 0.2) is 0 Å². The van der Waals surface area contributed by atoms with Gasteiger partial charge in [-0.05, 0) is 44.2 Å². The van der Waals surface area contributed by atoms with E-state index < -0.39 is 0 Å². The lowest BCUT2D eigenvalue weighted by Gasteiger charge is -2.19. The highest BCUT2D eigenvalue weighted by atomic mass is 19.1. The predicted octanol–water partition coefficient (Wildman–Crippen LogP) is 3.05. The molecule has 0 fully saturated rings. The summed E-state index contributed by atoms with van der Waals surface area (Å²) in [5.74, 6) is -0.209. The summed E-state index contributed by atoms with van der Waals surface area (Å²) >= 11 is 0. The summed E-state index contributed by atoms with van der Waals surface area (Å²) in [4.78, 5) is 0. The average Bonchev–Trinajstić information content (AvgIpc) is 2.78. The van der Waals surface area contributed by atoms with Gasteiger partial charge >= 0.3 is 0 Å². The zero-order valence-electron chi connectivity index (χ0n) is 11.7. The Bertz CT molecular complexity index is 531. The molecule has 0 bridgehead atoms. The molecule has 2 aromatic rings.